The second-order valence-electron chi connectivity index (χ2n) is 9.17. The van der Waals surface area contributed by atoms with E-state index in [2.05, 4.69) is 15.5 Å². The summed E-state index contributed by atoms with van der Waals surface area (Å²) in [4.78, 5) is 14.2. The molecule has 0 spiro atoms. The second-order valence-corrected chi connectivity index (χ2v) is 9.17. The summed E-state index contributed by atoms with van der Waals surface area (Å²) in [5.74, 6) is 0. The highest BCUT2D eigenvalue weighted by Gasteiger charge is 2.33. The molecule has 2 amide bonds. The van der Waals surface area contributed by atoms with Crippen molar-refractivity contribution in [1.29, 1.82) is 0 Å². The SMILES string of the molecule is CCNC(=O)NCc1ccc([C@@H]2O[C@H](CN3CCCCC3)C[C@H](c3ccc(CO)cc3)O2)cc1. The largest absolute Gasteiger partial charge is 0.392 e. The van der Waals surface area contributed by atoms with Gasteiger partial charge in [-0.25, -0.2) is 4.79 Å². The highest BCUT2D eigenvalue weighted by molar-refractivity contribution is 5.73. The maximum atomic E-state index is 11.7. The number of aliphatic hydroxyl groups is 1. The van der Waals surface area contributed by atoms with Gasteiger partial charge in [-0.3, -0.25) is 0 Å². The van der Waals surface area contributed by atoms with E-state index < -0.39 is 6.29 Å². The fourth-order valence-electron chi connectivity index (χ4n) is 4.66. The lowest BCUT2D eigenvalue weighted by Gasteiger charge is -2.39. The normalized spacial score (nSPS) is 23.4. The molecule has 0 aliphatic carbocycles. The van der Waals surface area contributed by atoms with Crippen LogP contribution in [-0.2, 0) is 22.6 Å². The van der Waals surface area contributed by atoms with Crippen molar-refractivity contribution in [3.63, 3.8) is 0 Å². The van der Waals surface area contributed by atoms with Crippen LogP contribution in [0.2, 0.25) is 0 Å². The quantitative estimate of drug-likeness (QED) is 0.546. The molecule has 3 atom stereocenters. The Hall–Kier alpha value is -2.45. The smallest absolute Gasteiger partial charge is 0.315 e. The van der Waals surface area contributed by atoms with E-state index in [9.17, 15) is 9.90 Å². The van der Waals surface area contributed by atoms with E-state index in [0.29, 0.717) is 13.1 Å². The van der Waals surface area contributed by atoms with Crippen LogP contribution in [0.4, 0.5) is 4.79 Å². The summed E-state index contributed by atoms with van der Waals surface area (Å²) < 4.78 is 12.9. The Bertz CT molecular complexity index is 897. The Morgan fingerprint density at radius 3 is 2.29 bits per heavy atom. The number of piperidine rings is 1. The molecule has 0 aromatic heterocycles. The van der Waals surface area contributed by atoms with Gasteiger partial charge in [-0.15, -0.1) is 0 Å². The van der Waals surface area contributed by atoms with Gasteiger partial charge in [-0.05, 0) is 49.5 Å². The molecule has 2 fully saturated rings. The van der Waals surface area contributed by atoms with Gasteiger partial charge >= 0.3 is 6.03 Å². The molecule has 0 unspecified atom stereocenters. The van der Waals surface area contributed by atoms with E-state index in [1.54, 1.807) is 0 Å². The van der Waals surface area contributed by atoms with Crippen LogP contribution in [0, 0.1) is 0 Å². The van der Waals surface area contributed by atoms with Crippen molar-refractivity contribution in [2.75, 3.05) is 26.2 Å². The molecule has 4 rings (SSSR count). The number of aliphatic hydroxyl groups excluding tert-OH is 1. The first kappa shape index (κ1) is 24.7. The van der Waals surface area contributed by atoms with E-state index in [1.807, 2.05) is 55.5 Å². The van der Waals surface area contributed by atoms with Crippen LogP contribution in [0.5, 0.6) is 0 Å². The van der Waals surface area contributed by atoms with Crippen molar-refractivity contribution < 1.29 is 19.4 Å². The molecule has 2 aliphatic rings. The summed E-state index contributed by atoms with van der Waals surface area (Å²) in [6.45, 7) is 6.18. The summed E-state index contributed by atoms with van der Waals surface area (Å²) in [7, 11) is 0. The van der Waals surface area contributed by atoms with E-state index in [-0.39, 0.29) is 24.8 Å². The third-order valence-corrected chi connectivity index (χ3v) is 6.57. The van der Waals surface area contributed by atoms with Crippen LogP contribution in [0.15, 0.2) is 48.5 Å². The number of hydrogen-bond acceptors (Lipinski definition) is 5. The minimum absolute atomic E-state index is 0.0381. The van der Waals surface area contributed by atoms with Crippen LogP contribution in [-0.4, -0.2) is 48.3 Å². The van der Waals surface area contributed by atoms with Gasteiger partial charge in [-0.2, -0.15) is 0 Å². The van der Waals surface area contributed by atoms with Gasteiger partial charge in [0, 0.05) is 31.6 Å². The zero-order valence-corrected chi connectivity index (χ0v) is 20.0. The first-order valence-corrected chi connectivity index (χ1v) is 12.5. The molecule has 2 aromatic carbocycles. The van der Waals surface area contributed by atoms with Gasteiger partial charge in [0.1, 0.15) is 0 Å². The first-order chi connectivity index (χ1) is 16.6. The number of likely N-dealkylation sites (tertiary alicyclic amines) is 1. The number of rotatable bonds is 8. The number of carbonyl (C=O) groups excluding carboxylic acids is 1. The van der Waals surface area contributed by atoms with Crippen LogP contribution >= 0.6 is 0 Å². The minimum Gasteiger partial charge on any atom is -0.392 e. The van der Waals surface area contributed by atoms with Crippen LogP contribution in [0.3, 0.4) is 0 Å². The molecule has 184 valence electrons. The van der Waals surface area contributed by atoms with Gasteiger partial charge < -0.3 is 30.1 Å². The van der Waals surface area contributed by atoms with Gasteiger partial charge in [0.05, 0.1) is 18.8 Å². The molecular formula is C27H37N3O4. The van der Waals surface area contributed by atoms with Crippen LogP contribution in [0.1, 0.15) is 67.3 Å². The van der Waals surface area contributed by atoms with Gasteiger partial charge in [0.25, 0.3) is 0 Å². The summed E-state index contributed by atoms with van der Waals surface area (Å²) in [5, 5.41) is 15.0. The van der Waals surface area contributed by atoms with Crippen LogP contribution in [0.25, 0.3) is 0 Å². The Kier molecular flexibility index (Phi) is 8.93. The van der Waals surface area contributed by atoms with Gasteiger partial charge in [0.2, 0.25) is 0 Å². The van der Waals surface area contributed by atoms with Crippen molar-refractivity contribution in [2.45, 2.75) is 64.3 Å². The minimum atomic E-state index is -0.448. The number of ether oxygens (including phenoxy) is 2. The van der Waals surface area contributed by atoms with Crippen molar-refractivity contribution in [3.05, 3.63) is 70.8 Å². The van der Waals surface area contributed by atoms with E-state index in [0.717, 1.165) is 48.3 Å². The Morgan fingerprint density at radius 1 is 0.941 bits per heavy atom. The predicted octanol–water partition coefficient (Wildman–Crippen LogP) is 4.03. The molecule has 2 aliphatic heterocycles. The molecule has 3 N–H and O–H groups in total. The third kappa shape index (κ3) is 6.79. The number of urea groups is 1. The summed E-state index contributed by atoms with van der Waals surface area (Å²) in [5.41, 5.74) is 4.00. The maximum absolute atomic E-state index is 11.7. The molecule has 2 heterocycles. The average molecular weight is 468 g/mol. The molecule has 0 saturated carbocycles. The Labute approximate surface area is 202 Å². The lowest BCUT2D eigenvalue weighted by atomic mass is 9.99. The summed E-state index contributed by atoms with van der Waals surface area (Å²) >= 11 is 0. The predicted molar refractivity (Wildman–Crippen MR) is 131 cm³/mol. The molecule has 7 nitrogen and oxygen atoms in total. The standard InChI is InChI=1S/C27H37N3O4/c1-2-28-27(32)29-17-20-6-12-23(13-7-20)26-33-24(18-30-14-4-3-5-15-30)16-25(34-26)22-10-8-21(19-31)9-11-22/h6-13,24-26,31H,2-5,14-19H2,1H3,(H2,28,29,32)/t24-,25+,26+/m0/s1. The zero-order valence-electron chi connectivity index (χ0n) is 20.0. The number of hydrogen-bond donors (Lipinski definition) is 3. The molecule has 0 bridgehead atoms. The van der Waals surface area contributed by atoms with Crippen molar-refractivity contribution in [1.82, 2.24) is 15.5 Å². The number of nitrogens with one attached hydrogen (secondary N) is 2. The highest BCUT2D eigenvalue weighted by atomic mass is 16.7. The molecular weight excluding hydrogens is 430 g/mol. The zero-order chi connectivity index (χ0) is 23.8. The summed E-state index contributed by atoms with van der Waals surface area (Å²) in [6, 6.07) is 15.9. The number of benzene rings is 2. The average Bonchev–Trinajstić information content (AvgIpc) is 2.88. The van der Waals surface area contributed by atoms with Gasteiger partial charge in [0.15, 0.2) is 6.29 Å². The fourth-order valence-corrected chi connectivity index (χ4v) is 4.66. The Morgan fingerprint density at radius 2 is 1.62 bits per heavy atom. The summed E-state index contributed by atoms with van der Waals surface area (Å²) in [6.07, 6.45) is 4.19. The maximum Gasteiger partial charge on any atom is 0.315 e. The van der Waals surface area contributed by atoms with Crippen molar-refractivity contribution in [2.24, 2.45) is 0 Å². The Balaban J connectivity index is 1.45. The second kappa shape index (κ2) is 12.3. The number of nitrogens with zero attached hydrogens (tertiary/aromatic N) is 1. The third-order valence-electron chi connectivity index (χ3n) is 6.57. The number of carbonyl (C=O) groups is 1. The number of amides is 2. The van der Waals surface area contributed by atoms with Crippen molar-refractivity contribution in [3.8, 4) is 0 Å². The van der Waals surface area contributed by atoms with E-state index in [1.165, 1.54) is 19.3 Å². The lowest BCUT2D eigenvalue weighted by Crippen LogP contribution is -2.41. The molecule has 2 aromatic rings. The molecule has 34 heavy (non-hydrogen) atoms. The van der Waals surface area contributed by atoms with E-state index >= 15 is 0 Å². The lowest BCUT2D eigenvalue weighted by molar-refractivity contribution is -0.253. The van der Waals surface area contributed by atoms with Crippen LogP contribution < -0.4 is 10.6 Å². The van der Waals surface area contributed by atoms with Gasteiger partial charge in [-0.1, -0.05) is 55.0 Å². The fraction of sp³-hybridized carbons (Fsp3) is 0.519. The van der Waals surface area contributed by atoms with E-state index in [4.69, 9.17) is 9.47 Å². The molecule has 0 radical (unpaired) electrons. The topological polar surface area (TPSA) is 83.1 Å². The molecule has 7 heteroatoms. The molecule has 2 saturated heterocycles. The monoisotopic (exact) mass is 467 g/mol. The highest BCUT2D eigenvalue weighted by Crippen LogP contribution is 2.38. The van der Waals surface area contributed by atoms with Crippen molar-refractivity contribution >= 4 is 6.03 Å². The first-order valence-electron chi connectivity index (χ1n) is 12.5.